The lowest BCUT2D eigenvalue weighted by atomic mass is 9.98. The van der Waals surface area contributed by atoms with E-state index in [-0.39, 0.29) is 17.9 Å². The summed E-state index contributed by atoms with van der Waals surface area (Å²) in [7, 11) is 0. The van der Waals surface area contributed by atoms with Gasteiger partial charge in [-0.25, -0.2) is 4.39 Å². The number of Topliss-reactive ketones (excluding diaryl/α,β-unsaturated/α-hetero) is 1. The van der Waals surface area contributed by atoms with Crippen LogP contribution in [0.2, 0.25) is 0 Å². The molecule has 2 heterocycles. The maximum Gasteiger partial charge on any atom is 0.296 e. The molecule has 0 spiro atoms. The second-order valence-electron chi connectivity index (χ2n) is 6.81. The van der Waals surface area contributed by atoms with Crippen molar-refractivity contribution in [1.82, 2.24) is 9.88 Å². The normalized spacial score (nSPS) is 18.1. The molecule has 1 unspecified atom stereocenters. The van der Waals surface area contributed by atoms with E-state index in [1.165, 1.54) is 17.0 Å². The fraction of sp³-hybridized carbons (Fsp3) is 0.0870. The Kier molecular flexibility index (Phi) is 5.46. The molecule has 5 nitrogen and oxygen atoms in total. The van der Waals surface area contributed by atoms with E-state index in [0.717, 1.165) is 4.47 Å². The van der Waals surface area contributed by atoms with Crippen molar-refractivity contribution in [3.05, 3.63) is 106 Å². The summed E-state index contributed by atoms with van der Waals surface area (Å²) in [5.41, 5.74) is 1.50. The minimum absolute atomic E-state index is 0.0249. The third-order valence-corrected chi connectivity index (χ3v) is 5.42. The van der Waals surface area contributed by atoms with Gasteiger partial charge in [-0.15, -0.1) is 0 Å². The first kappa shape index (κ1) is 20.0. The summed E-state index contributed by atoms with van der Waals surface area (Å²) in [5, 5.41) is 10.9. The lowest BCUT2D eigenvalue weighted by molar-refractivity contribution is -0.140. The molecule has 1 atom stereocenters. The first-order valence-corrected chi connectivity index (χ1v) is 9.94. The average molecular weight is 467 g/mol. The molecule has 1 aliphatic rings. The Morgan fingerprint density at radius 1 is 1.03 bits per heavy atom. The Bertz CT molecular complexity index is 1130. The number of aliphatic hydroxyl groups excluding tert-OH is 1. The van der Waals surface area contributed by atoms with E-state index in [9.17, 15) is 19.1 Å². The molecule has 2 aromatic carbocycles. The van der Waals surface area contributed by atoms with E-state index in [2.05, 4.69) is 20.9 Å². The quantitative estimate of drug-likeness (QED) is 0.346. The number of carbonyl (C=O) groups is 2. The van der Waals surface area contributed by atoms with Crippen LogP contribution in [0.4, 0.5) is 4.39 Å². The predicted molar refractivity (Wildman–Crippen MR) is 113 cm³/mol. The monoisotopic (exact) mass is 466 g/mol. The van der Waals surface area contributed by atoms with Crippen LogP contribution in [-0.4, -0.2) is 26.7 Å². The molecule has 150 valence electrons. The van der Waals surface area contributed by atoms with E-state index >= 15 is 0 Å². The number of likely N-dealkylation sites (tertiary alicyclic amines) is 1. The third-order valence-electron chi connectivity index (χ3n) is 4.89. The molecular weight excluding hydrogens is 451 g/mol. The van der Waals surface area contributed by atoms with E-state index in [1.807, 2.05) is 0 Å². The van der Waals surface area contributed by atoms with Crippen LogP contribution in [0.3, 0.4) is 0 Å². The molecule has 1 amide bonds. The van der Waals surface area contributed by atoms with Crippen molar-refractivity contribution >= 4 is 33.4 Å². The molecule has 0 aliphatic carbocycles. The molecule has 0 saturated carbocycles. The minimum atomic E-state index is -0.861. The molecule has 1 saturated heterocycles. The highest BCUT2D eigenvalue weighted by Gasteiger charge is 2.46. The summed E-state index contributed by atoms with van der Waals surface area (Å²) >= 11 is 3.34. The fourth-order valence-corrected chi connectivity index (χ4v) is 3.70. The third kappa shape index (κ3) is 3.76. The number of amides is 1. The van der Waals surface area contributed by atoms with Gasteiger partial charge in [0.1, 0.15) is 17.6 Å². The Labute approximate surface area is 180 Å². The van der Waals surface area contributed by atoms with Crippen LogP contribution in [0, 0.1) is 5.82 Å². The van der Waals surface area contributed by atoms with Crippen molar-refractivity contribution in [2.24, 2.45) is 0 Å². The van der Waals surface area contributed by atoms with Gasteiger partial charge >= 0.3 is 0 Å². The highest BCUT2D eigenvalue weighted by Crippen LogP contribution is 2.39. The molecule has 30 heavy (non-hydrogen) atoms. The number of hydrogen-bond acceptors (Lipinski definition) is 4. The molecule has 0 bridgehead atoms. The summed E-state index contributed by atoms with van der Waals surface area (Å²) in [5.74, 6) is -2.18. The first-order valence-electron chi connectivity index (χ1n) is 9.15. The number of aliphatic hydroxyl groups is 1. The van der Waals surface area contributed by atoms with Crippen molar-refractivity contribution in [2.75, 3.05) is 0 Å². The second kappa shape index (κ2) is 8.20. The zero-order valence-electron chi connectivity index (χ0n) is 15.6. The summed E-state index contributed by atoms with van der Waals surface area (Å²) in [6, 6.07) is 16.8. The number of aromatic nitrogens is 1. The van der Waals surface area contributed by atoms with E-state index in [1.54, 1.807) is 60.8 Å². The number of ketones is 1. The molecule has 1 aliphatic heterocycles. The molecular formula is C23H16BrFN2O3. The number of pyridine rings is 1. The molecule has 1 aromatic heterocycles. The van der Waals surface area contributed by atoms with Crippen molar-refractivity contribution in [3.63, 3.8) is 0 Å². The van der Waals surface area contributed by atoms with Gasteiger partial charge in [0.05, 0.1) is 11.3 Å². The number of rotatable bonds is 4. The largest absolute Gasteiger partial charge is 0.507 e. The van der Waals surface area contributed by atoms with Crippen LogP contribution in [0.25, 0.3) is 5.76 Å². The SMILES string of the molecule is O=C1C(=O)N(Cc2ccc(F)cc2)C(c2ccccn2)/C1=C(/O)c1ccc(Br)cc1. The Hall–Kier alpha value is -3.32. The van der Waals surface area contributed by atoms with Gasteiger partial charge in [-0.2, -0.15) is 0 Å². The van der Waals surface area contributed by atoms with Crippen molar-refractivity contribution in [3.8, 4) is 0 Å². The van der Waals surface area contributed by atoms with Gasteiger partial charge in [0.25, 0.3) is 11.7 Å². The molecule has 0 radical (unpaired) electrons. The summed E-state index contributed by atoms with van der Waals surface area (Å²) in [4.78, 5) is 31.5. The fourth-order valence-electron chi connectivity index (χ4n) is 3.44. The van der Waals surface area contributed by atoms with E-state index in [0.29, 0.717) is 16.8 Å². The number of carbonyl (C=O) groups excluding carboxylic acids is 2. The Morgan fingerprint density at radius 2 is 1.73 bits per heavy atom. The van der Waals surface area contributed by atoms with Crippen LogP contribution in [0.15, 0.2) is 83.0 Å². The topological polar surface area (TPSA) is 70.5 Å². The molecule has 1 N–H and O–H groups in total. The molecule has 3 aromatic rings. The van der Waals surface area contributed by atoms with Gasteiger partial charge in [-0.3, -0.25) is 14.6 Å². The van der Waals surface area contributed by atoms with Gasteiger partial charge in [-0.05, 0) is 42.0 Å². The zero-order valence-corrected chi connectivity index (χ0v) is 17.2. The first-order chi connectivity index (χ1) is 14.5. The van der Waals surface area contributed by atoms with Crippen LogP contribution in [0.5, 0.6) is 0 Å². The predicted octanol–water partition coefficient (Wildman–Crippen LogP) is 4.61. The number of halogens is 2. The highest BCUT2D eigenvalue weighted by atomic mass is 79.9. The summed E-state index contributed by atoms with van der Waals surface area (Å²) in [6.07, 6.45) is 1.56. The minimum Gasteiger partial charge on any atom is -0.507 e. The van der Waals surface area contributed by atoms with Crippen LogP contribution in [-0.2, 0) is 16.1 Å². The van der Waals surface area contributed by atoms with Crippen molar-refractivity contribution in [1.29, 1.82) is 0 Å². The van der Waals surface area contributed by atoms with E-state index < -0.39 is 23.5 Å². The smallest absolute Gasteiger partial charge is 0.296 e. The summed E-state index contributed by atoms with van der Waals surface area (Å²) in [6.45, 7) is 0.0726. The van der Waals surface area contributed by atoms with E-state index in [4.69, 9.17) is 0 Å². The lowest BCUT2D eigenvalue weighted by Gasteiger charge is -2.24. The maximum absolute atomic E-state index is 13.3. The average Bonchev–Trinajstić information content (AvgIpc) is 3.01. The highest BCUT2D eigenvalue weighted by molar-refractivity contribution is 9.10. The number of benzene rings is 2. The number of hydrogen-bond donors (Lipinski definition) is 1. The summed E-state index contributed by atoms with van der Waals surface area (Å²) < 4.78 is 14.1. The van der Waals surface area contributed by atoms with Crippen molar-refractivity contribution in [2.45, 2.75) is 12.6 Å². The Morgan fingerprint density at radius 3 is 2.37 bits per heavy atom. The van der Waals surface area contributed by atoms with Crippen LogP contribution in [0.1, 0.15) is 22.9 Å². The standard InChI is InChI=1S/C23H16BrFN2O3/c24-16-8-6-15(7-9-16)21(28)19-20(18-3-1-2-12-26-18)27(23(30)22(19)29)13-14-4-10-17(25)11-5-14/h1-12,20,28H,13H2/b21-19-. The molecule has 7 heteroatoms. The maximum atomic E-state index is 13.3. The van der Waals surface area contributed by atoms with Crippen LogP contribution < -0.4 is 0 Å². The van der Waals surface area contributed by atoms with Gasteiger partial charge in [0.15, 0.2) is 0 Å². The zero-order chi connectivity index (χ0) is 21.3. The van der Waals surface area contributed by atoms with Crippen LogP contribution >= 0.6 is 15.9 Å². The Balaban J connectivity index is 1.83. The number of nitrogens with zero attached hydrogens (tertiary/aromatic N) is 2. The molecule has 1 fully saturated rings. The van der Waals surface area contributed by atoms with Gasteiger partial charge in [-0.1, -0.05) is 46.3 Å². The lowest BCUT2D eigenvalue weighted by Crippen LogP contribution is -2.29. The van der Waals surface area contributed by atoms with Gasteiger partial charge in [0.2, 0.25) is 0 Å². The van der Waals surface area contributed by atoms with Gasteiger partial charge in [0, 0.05) is 22.8 Å². The van der Waals surface area contributed by atoms with Crippen molar-refractivity contribution < 1.29 is 19.1 Å². The second-order valence-corrected chi connectivity index (χ2v) is 7.73. The molecule has 4 rings (SSSR count). The van der Waals surface area contributed by atoms with Gasteiger partial charge < -0.3 is 10.0 Å².